The van der Waals surface area contributed by atoms with Crippen molar-refractivity contribution in [3.8, 4) is 5.75 Å². The first kappa shape index (κ1) is 22.7. The van der Waals surface area contributed by atoms with Crippen molar-refractivity contribution in [1.82, 2.24) is 19.1 Å². The predicted octanol–water partition coefficient (Wildman–Crippen LogP) is 2.43. The number of para-hydroxylation sites is 1. The van der Waals surface area contributed by atoms with Gasteiger partial charge in [0, 0.05) is 20.2 Å². The maximum Gasteiger partial charge on any atom is 0.332 e. The van der Waals surface area contributed by atoms with Crippen LogP contribution in [0.3, 0.4) is 0 Å². The van der Waals surface area contributed by atoms with Crippen LogP contribution in [0.5, 0.6) is 5.75 Å². The third-order valence-corrected chi connectivity index (χ3v) is 5.05. The molecule has 8 heteroatoms. The normalized spacial score (nSPS) is 11.4. The van der Waals surface area contributed by atoms with Gasteiger partial charge < -0.3 is 9.84 Å². The van der Waals surface area contributed by atoms with Crippen LogP contribution in [0.25, 0.3) is 11.2 Å². The fourth-order valence-electron chi connectivity index (χ4n) is 3.44. The van der Waals surface area contributed by atoms with E-state index < -0.39 is 11.2 Å². The zero-order valence-corrected chi connectivity index (χ0v) is 18.4. The Morgan fingerprint density at radius 3 is 2.45 bits per heavy atom. The number of aliphatic hydroxyl groups is 1. The molecule has 0 aliphatic heterocycles. The molecule has 0 saturated heterocycles. The summed E-state index contributed by atoms with van der Waals surface area (Å²) >= 11 is 0. The summed E-state index contributed by atoms with van der Waals surface area (Å²) in [6.07, 6.45) is 2.99. The Bertz CT molecular complexity index is 1140. The lowest BCUT2D eigenvalue weighted by Crippen LogP contribution is -2.40. The summed E-state index contributed by atoms with van der Waals surface area (Å²) in [5.74, 6) is 0.904. The first-order valence-corrected chi connectivity index (χ1v) is 10.7. The average Bonchev–Trinajstić information content (AvgIpc) is 2.77. The summed E-state index contributed by atoms with van der Waals surface area (Å²) < 4.78 is 8.52. The first-order valence-electron chi connectivity index (χ1n) is 10.7. The van der Waals surface area contributed by atoms with Crippen molar-refractivity contribution >= 4 is 11.2 Å². The molecule has 0 aliphatic rings. The molecule has 2 heterocycles. The van der Waals surface area contributed by atoms with E-state index in [1.807, 2.05) is 44.2 Å². The van der Waals surface area contributed by atoms with Crippen molar-refractivity contribution in [2.45, 2.75) is 52.7 Å². The van der Waals surface area contributed by atoms with E-state index in [4.69, 9.17) is 14.8 Å². The minimum absolute atomic E-state index is 0.148. The van der Waals surface area contributed by atoms with Crippen LogP contribution >= 0.6 is 0 Å². The molecule has 3 rings (SSSR count). The van der Waals surface area contributed by atoms with E-state index in [1.54, 1.807) is 0 Å². The number of aromatic nitrogens is 4. The monoisotopic (exact) mass is 426 g/mol. The molecule has 0 unspecified atom stereocenters. The van der Waals surface area contributed by atoms with E-state index in [0.29, 0.717) is 42.2 Å². The van der Waals surface area contributed by atoms with Crippen LogP contribution in [0.15, 0.2) is 39.9 Å². The Morgan fingerprint density at radius 2 is 1.77 bits per heavy atom. The second kappa shape index (κ2) is 10.3. The summed E-state index contributed by atoms with van der Waals surface area (Å²) in [5, 5.41) is 9.04. The van der Waals surface area contributed by atoms with Crippen molar-refractivity contribution in [2.75, 3.05) is 6.61 Å². The minimum atomic E-state index is -0.445. The fraction of sp³-hybridized carbons (Fsp3) is 0.478. The van der Waals surface area contributed by atoms with Crippen LogP contribution in [0.1, 0.15) is 44.5 Å². The van der Waals surface area contributed by atoms with Crippen LogP contribution in [0.2, 0.25) is 0 Å². The Morgan fingerprint density at radius 1 is 1.03 bits per heavy atom. The highest BCUT2D eigenvalue weighted by Crippen LogP contribution is 2.17. The second-order valence-corrected chi connectivity index (χ2v) is 8.08. The standard InChI is InChI=1S/C23H30N4O4/c1-16(2)14-27-21-20(22(29)26(3)23(27)30)24-18(12-8-5-9-13-28)19(25-21)15-31-17-10-6-4-7-11-17/h4,6-7,10-11,16,28H,5,8-9,12-15H2,1-3H3. The molecule has 0 atom stereocenters. The van der Waals surface area contributed by atoms with Gasteiger partial charge in [-0.25, -0.2) is 14.8 Å². The molecular weight excluding hydrogens is 396 g/mol. The molecule has 0 bridgehead atoms. The number of hydrogen-bond donors (Lipinski definition) is 1. The lowest BCUT2D eigenvalue weighted by Gasteiger charge is -2.16. The summed E-state index contributed by atoms with van der Waals surface area (Å²) in [6.45, 7) is 4.78. The molecule has 31 heavy (non-hydrogen) atoms. The average molecular weight is 427 g/mol. The van der Waals surface area contributed by atoms with Gasteiger partial charge in [0.2, 0.25) is 0 Å². The van der Waals surface area contributed by atoms with Crippen molar-refractivity contribution in [1.29, 1.82) is 0 Å². The number of unbranched alkanes of at least 4 members (excludes halogenated alkanes) is 2. The number of ether oxygens (including phenoxy) is 1. The van der Waals surface area contributed by atoms with Gasteiger partial charge in [0.15, 0.2) is 11.2 Å². The van der Waals surface area contributed by atoms with Crippen molar-refractivity contribution in [3.05, 3.63) is 62.6 Å². The summed E-state index contributed by atoms with van der Waals surface area (Å²) in [4.78, 5) is 34.9. The highest BCUT2D eigenvalue weighted by Gasteiger charge is 2.18. The van der Waals surface area contributed by atoms with Gasteiger partial charge in [-0.3, -0.25) is 13.9 Å². The summed E-state index contributed by atoms with van der Waals surface area (Å²) in [7, 11) is 1.47. The molecule has 3 aromatic rings. The number of hydrogen-bond acceptors (Lipinski definition) is 6. The summed E-state index contributed by atoms with van der Waals surface area (Å²) in [6, 6.07) is 9.41. The third-order valence-electron chi connectivity index (χ3n) is 5.05. The van der Waals surface area contributed by atoms with Gasteiger partial charge in [-0.05, 0) is 37.3 Å². The van der Waals surface area contributed by atoms with E-state index in [0.717, 1.165) is 17.4 Å². The molecule has 166 valence electrons. The van der Waals surface area contributed by atoms with Crippen molar-refractivity contribution in [3.63, 3.8) is 0 Å². The van der Waals surface area contributed by atoms with Gasteiger partial charge in [0.05, 0.1) is 5.69 Å². The zero-order valence-electron chi connectivity index (χ0n) is 18.4. The molecule has 1 N–H and O–H groups in total. The number of aryl methyl sites for hydroxylation is 1. The highest BCUT2D eigenvalue weighted by atomic mass is 16.5. The smallest absolute Gasteiger partial charge is 0.332 e. The van der Waals surface area contributed by atoms with Crippen molar-refractivity contribution in [2.24, 2.45) is 13.0 Å². The van der Waals surface area contributed by atoms with Gasteiger partial charge in [0.25, 0.3) is 5.56 Å². The topological polar surface area (TPSA) is 99.2 Å². The van der Waals surface area contributed by atoms with Crippen LogP contribution in [-0.2, 0) is 26.6 Å². The van der Waals surface area contributed by atoms with E-state index >= 15 is 0 Å². The number of nitrogens with zero attached hydrogens (tertiary/aromatic N) is 4. The Labute approximate surface area is 181 Å². The van der Waals surface area contributed by atoms with Gasteiger partial charge in [-0.1, -0.05) is 38.5 Å². The molecule has 1 aromatic carbocycles. The van der Waals surface area contributed by atoms with E-state index in [1.165, 1.54) is 11.6 Å². The molecule has 8 nitrogen and oxygen atoms in total. The lowest BCUT2D eigenvalue weighted by atomic mass is 10.1. The molecule has 0 saturated carbocycles. The summed E-state index contributed by atoms with van der Waals surface area (Å²) in [5.41, 5.74) is 0.959. The minimum Gasteiger partial charge on any atom is -0.487 e. The predicted molar refractivity (Wildman–Crippen MR) is 119 cm³/mol. The number of aliphatic hydroxyl groups excluding tert-OH is 1. The molecule has 0 radical (unpaired) electrons. The first-order chi connectivity index (χ1) is 14.9. The molecule has 0 amide bonds. The van der Waals surface area contributed by atoms with Gasteiger partial charge >= 0.3 is 5.69 Å². The molecule has 2 aromatic heterocycles. The van der Waals surface area contributed by atoms with Crippen LogP contribution in [-0.4, -0.2) is 30.8 Å². The Kier molecular flexibility index (Phi) is 7.57. The van der Waals surface area contributed by atoms with Crippen LogP contribution < -0.4 is 16.0 Å². The largest absolute Gasteiger partial charge is 0.487 e. The van der Waals surface area contributed by atoms with Crippen LogP contribution in [0.4, 0.5) is 0 Å². The maximum atomic E-state index is 12.8. The number of benzene rings is 1. The number of rotatable bonds is 10. The second-order valence-electron chi connectivity index (χ2n) is 8.08. The van der Waals surface area contributed by atoms with E-state index in [9.17, 15) is 9.59 Å². The van der Waals surface area contributed by atoms with Gasteiger partial charge in [-0.2, -0.15) is 0 Å². The molecule has 0 aliphatic carbocycles. The van der Waals surface area contributed by atoms with Gasteiger partial charge in [0.1, 0.15) is 18.1 Å². The maximum absolute atomic E-state index is 12.8. The SMILES string of the molecule is CC(C)Cn1c(=O)n(C)c(=O)c2nc(CCCCCO)c(COc3ccccc3)nc21. The third kappa shape index (κ3) is 5.38. The Balaban J connectivity index is 2.09. The fourth-order valence-corrected chi connectivity index (χ4v) is 3.44. The molecule has 0 fully saturated rings. The molecular formula is C23H30N4O4. The highest BCUT2D eigenvalue weighted by molar-refractivity contribution is 5.69. The van der Waals surface area contributed by atoms with E-state index in [2.05, 4.69) is 4.98 Å². The van der Waals surface area contributed by atoms with E-state index in [-0.39, 0.29) is 24.6 Å². The van der Waals surface area contributed by atoms with Gasteiger partial charge in [-0.15, -0.1) is 0 Å². The number of fused-ring (bicyclic) bond motifs is 1. The zero-order chi connectivity index (χ0) is 22.4. The van der Waals surface area contributed by atoms with Crippen molar-refractivity contribution < 1.29 is 9.84 Å². The quantitative estimate of drug-likeness (QED) is 0.500. The van der Waals surface area contributed by atoms with Crippen LogP contribution in [0, 0.1) is 5.92 Å². The molecule has 0 spiro atoms. The Hall–Kier alpha value is -3.00. The lowest BCUT2D eigenvalue weighted by molar-refractivity contribution is 0.282.